The number of carbonyl (C=O) groups excluding carboxylic acids is 1. The minimum atomic E-state index is -0.125. The van der Waals surface area contributed by atoms with Gasteiger partial charge in [-0.3, -0.25) is 4.79 Å². The van der Waals surface area contributed by atoms with Crippen LogP contribution in [0.5, 0.6) is 0 Å². The Morgan fingerprint density at radius 3 is 2.61 bits per heavy atom. The first kappa shape index (κ1) is 20.1. The maximum Gasteiger partial charge on any atom is 0.252 e. The molecule has 7 heteroatoms. The molecule has 3 aromatic rings. The Morgan fingerprint density at radius 1 is 1.25 bits per heavy atom. The average molecular weight is 383 g/mol. The van der Waals surface area contributed by atoms with Crippen molar-refractivity contribution in [1.82, 2.24) is 25.4 Å². The molecule has 0 aliphatic carbocycles. The summed E-state index contributed by atoms with van der Waals surface area (Å²) in [5, 5.41) is 11.5. The predicted molar refractivity (Wildman–Crippen MR) is 111 cm³/mol. The Bertz CT molecular complexity index is 986. The molecule has 7 nitrogen and oxygen atoms in total. The molecular formula is C21H29N5O2. The highest BCUT2D eigenvalue weighted by molar-refractivity contribution is 6.06. The van der Waals surface area contributed by atoms with Crippen molar-refractivity contribution < 1.29 is 9.21 Å². The molecule has 2 N–H and O–H groups in total. The van der Waals surface area contributed by atoms with Gasteiger partial charge < -0.3 is 15.1 Å². The van der Waals surface area contributed by atoms with E-state index in [-0.39, 0.29) is 18.0 Å². The first-order valence-corrected chi connectivity index (χ1v) is 9.79. The first-order chi connectivity index (χ1) is 13.3. The Labute approximate surface area is 165 Å². The largest absolute Gasteiger partial charge is 0.466 e. The Morgan fingerprint density at radius 2 is 2.00 bits per heavy atom. The Hall–Kier alpha value is -2.67. The number of nitrogens with one attached hydrogen (secondary N) is 2. The molecule has 0 saturated heterocycles. The van der Waals surface area contributed by atoms with Crippen LogP contribution in [0.15, 0.2) is 22.7 Å². The van der Waals surface area contributed by atoms with Gasteiger partial charge in [0.15, 0.2) is 5.65 Å². The topological polar surface area (TPSA) is 85.0 Å². The fourth-order valence-electron chi connectivity index (χ4n) is 3.37. The van der Waals surface area contributed by atoms with E-state index >= 15 is 0 Å². The number of hydrogen-bond donors (Lipinski definition) is 2. The number of carbonyl (C=O) groups is 1. The zero-order chi connectivity index (χ0) is 20.4. The number of nitrogens with zero attached hydrogens (tertiary/aromatic N) is 3. The van der Waals surface area contributed by atoms with E-state index < -0.39 is 0 Å². The third kappa shape index (κ3) is 3.94. The van der Waals surface area contributed by atoms with E-state index in [1.807, 2.05) is 58.4 Å². The molecule has 3 aromatic heterocycles. The van der Waals surface area contributed by atoms with E-state index in [9.17, 15) is 4.79 Å². The summed E-state index contributed by atoms with van der Waals surface area (Å²) in [5.41, 5.74) is 2.89. The first-order valence-electron chi connectivity index (χ1n) is 9.79. The average Bonchev–Trinajstić information content (AvgIpc) is 3.21. The number of furan rings is 1. The number of hydrogen-bond acceptors (Lipinski definition) is 5. The highest BCUT2D eigenvalue weighted by atomic mass is 16.3. The molecule has 28 heavy (non-hydrogen) atoms. The monoisotopic (exact) mass is 383 g/mol. The molecule has 0 aliphatic heterocycles. The van der Waals surface area contributed by atoms with Crippen molar-refractivity contribution in [1.29, 1.82) is 0 Å². The van der Waals surface area contributed by atoms with E-state index in [0.29, 0.717) is 23.4 Å². The van der Waals surface area contributed by atoms with E-state index in [4.69, 9.17) is 9.40 Å². The van der Waals surface area contributed by atoms with E-state index in [1.54, 1.807) is 6.20 Å². The van der Waals surface area contributed by atoms with Gasteiger partial charge in [-0.15, -0.1) is 0 Å². The van der Waals surface area contributed by atoms with Gasteiger partial charge in [-0.25, -0.2) is 9.67 Å². The van der Waals surface area contributed by atoms with Gasteiger partial charge in [0.25, 0.3) is 5.91 Å². The summed E-state index contributed by atoms with van der Waals surface area (Å²) in [6.45, 7) is 13.4. The second kappa shape index (κ2) is 8.14. The molecule has 0 radical (unpaired) electrons. The molecule has 0 saturated carbocycles. The third-order valence-corrected chi connectivity index (χ3v) is 4.74. The molecule has 1 atom stereocenters. The van der Waals surface area contributed by atoms with Crippen LogP contribution in [-0.4, -0.2) is 39.8 Å². The minimum Gasteiger partial charge on any atom is -0.466 e. The van der Waals surface area contributed by atoms with Crippen molar-refractivity contribution in [3.05, 3.63) is 35.4 Å². The van der Waals surface area contributed by atoms with Crippen molar-refractivity contribution in [2.24, 2.45) is 0 Å². The molecule has 0 spiro atoms. The second-order valence-corrected chi connectivity index (χ2v) is 7.47. The Balaban J connectivity index is 2.07. The van der Waals surface area contributed by atoms with Crippen LogP contribution in [0.4, 0.5) is 0 Å². The number of rotatable bonds is 7. The number of fused-ring (bicyclic) bond motifs is 1. The third-order valence-electron chi connectivity index (χ3n) is 4.74. The van der Waals surface area contributed by atoms with Gasteiger partial charge in [0.05, 0.1) is 22.8 Å². The van der Waals surface area contributed by atoms with E-state index in [1.165, 1.54) is 0 Å². The van der Waals surface area contributed by atoms with Gasteiger partial charge in [-0.1, -0.05) is 6.92 Å². The van der Waals surface area contributed by atoms with Crippen LogP contribution in [-0.2, 0) is 0 Å². The van der Waals surface area contributed by atoms with Crippen LogP contribution >= 0.6 is 0 Å². The lowest BCUT2D eigenvalue weighted by molar-refractivity contribution is 0.0952. The molecule has 150 valence electrons. The lowest BCUT2D eigenvalue weighted by Crippen LogP contribution is -2.38. The van der Waals surface area contributed by atoms with Gasteiger partial charge in [-0.05, 0) is 53.3 Å². The summed E-state index contributed by atoms with van der Waals surface area (Å²) >= 11 is 0. The summed E-state index contributed by atoms with van der Waals surface area (Å²) in [7, 11) is 0. The van der Waals surface area contributed by atoms with Crippen molar-refractivity contribution in [2.45, 2.75) is 53.6 Å². The van der Waals surface area contributed by atoms with Crippen LogP contribution in [0.1, 0.15) is 55.6 Å². The van der Waals surface area contributed by atoms with Gasteiger partial charge in [0.2, 0.25) is 0 Å². The van der Waals surface area contributed by atoms with Crippen LogP contribution < -0.4 is 10.6 Å². The van der Waals surface area contributed by atoms with Crippen LogP contribution in [0, 0.1) is 13.8 Å². The summed E-state index contributed by atoms with van der Waals surface area (Å²) < 4.78 is 7.52. The molecule has 0 fully saturated rings. The van der Waals surface area contributed by atoms with Crippen molar-refractivity contribution in [3.63, 3.8) is 0 Å². The predicted octanol–water partition coefficient (Wildman–Crippen LogP) is 3.62. The SMILES string of the molecule is CCN[C@H](C)CNC(=O)c1cc(-c2cc(C)oc2C)nc2c1cnn2C(C)C. The van der Waals surface area contributed by atoms with E-state index in [2.05, 4.69) is 15.7 Å². The summed E-state index contributed by atoms with van der Waals surface area (Å²) in [4.78, 5) is 17.8. The van der Waals surface area contributed by atoms with Gasteiger partial charge in [0, 0.05) is 24.2 Å². The second-order valence-electron chi connectivity index (χ2n) is 7.47. The molecule has 0 aliphatic rings. The maximum atomic E-state index is 13.0. The zero-order valence-electron chi connectivity index (χ0n) is 17.5. The summed E-state index contributed by atoms with van der Waals surface area (Å²) in [5.74, 6) is 1.48. The van der Waals surface area contributed by atoms with Crippen LogP contribution in [0.3, 0.4) is 0 Å². The lowest BCUT2D eigenvalue weighted by Gasteiger charge is -2.14. The fraction of sp³-hybridized carbons (Fsp3) is 0.476. The zero-order valence-corrected chi connectivity index (χ0v) is 17.5. The van der Waals surface area contributed by atoms with Gasteiger partial charge in [0.1, 0.15) is 11.5 Å². The fourth-order valence-corrected chi connectivity index (χ4v) is 3.37. The summed E-state index contributed by atoms with van der Waals surface area (Å²) in [6.07, 6.45) is 1.72. The standard InChI is InChI=1S/C21H29N5O2/c1-7-22-13(4)10-23-21(27)17-9-19(16-8-14(5)28-15(16)6)25-20-18(17)11-24-26(20)12(2)3/h8-9,11-13,22H,7,10H2,1-6H3,(H,23,27)/t13-/m1/s1. The highest BCUT2D eigenvalue weighted by Gasteiger charge is 2.20. The lowest BCUT2D eigenvalue weighted by atomic mass is 10.1. The number of aromatic nitrogens is 3. The molecule has 0 unspecified atom stereocenters. The number of pyridine rings is 1. The molecule has 3 heterocycles. The maximum absolute atomic E-state index is 13.0. The Kier molecular flexibility index (Phi) is 5.84. The summed E-state index contributed by atoms with van der Waals surface area (Å²) in [6, 6.07) is 4.12. The van der Waals surface area contributed by atoms with Crippen molar-refractivity contribution in [2.75, 3.05) is 13.1 Å². The van der Waals surface area contributed by atoms with Crippen molar-refractivity contribution >= 4 is 16.9 Å². The molecule has 0 bridgehead atoms. The molecular weight excluding hydrogens is 354 g/mol. The van der Waals surface area contributed by atoms with Gasteiger partial charge in [-0.2, -0.15) is 5.10 Å². The number of amides is 1. The normalized spacial score (nSPS) is 12.7. The quantitative estimate of drug-likeness (QED) is 0.651. The number of likely N-dealkylation sites (N-methyl/N-ethyl adjacent to an activating group) is 1. The van der Waals surface area contributed by atoms with E-state index in [0.717, 1.165) is 29.0 Å². The molecule has 3 rings (SSSR count). The number of aryl methyl sites for hydroxylation is 2. The molecule has 1 amide bonds. The highest BCUT2D eigenvalue weighted by Crippen LogP contribution is 2.30. The van der Waals surface area contributed by atoms with Crippen molar-refractivity contribution in [3.8, 4) is 11.3 Å². The van der Waals surface area contributed by atoms with Crippen LogP contribution in [0.2, 0.25) is 0 Å². The van der Waals surface area contributed by atoms with Crippen LogP contribution in [0.25, 0.3) is 22.3 Å². The smallest absolute Gasteiger partial charge is 0.252 e. The molecule has 0 aromatic carbocycles. The minimum absolute atomic E-state index is 0.125. The van der Waals surface area contributed by atoms with Gasteiger partial charge >= 0.3 is 0 Å².